The van der Waals surface area contributed by atoms with Crippen molar-refractivity contribution in [1.82, 2.24) is 19.3 Å². The molecule has 3 aromatic rings. The van der Waals surface area contributed by atoms with Crippen LogP contribution in [0, 0.1) is 0 Å². The summed E-state index contributed by atoms with van der Waals surface area (Å²) >= 11 is 0. The van der Waals surface area contributed by atoms with Crippen LogP contribution in [-0.2, 0) is 13.6 Å². The van der Waals surface area contributed by atoms with Crippen LogP contribution in [0.2, 0.25) is 0 Å². The molecule has 0 aliphatic rings. The fourth-order valence-electron chi connectivity index (χ4n) is 1.98. The summed E-state index contributed by atoms with van der Waals surface area (Å²) in [6, 6.07) is 9.92. The van der Waals surface area contributed by atoms with Gasteiger partial charge >= 0.3 is 0 Å². The number of nitrogens with zero attached hydrogens (tertiary/aromatic N) is 4. The van der Waals surface area contributed by atoms with Crippen molar-refractivity contribution in [2.45, 2.75) is 6.54 Å². The molecule has 0 atom stereocenters. The van der Waals surface area contributed by atoms with Gasteiger partial charge in [0, 0.05) is 13.2 Å². The topological polar surface area (TPSA) is 61.7 Å². The third kappa shape index (κ3) is 1.56. The van der Waals surface area contributed by atoms with E-state index in [4.69, 9.17) is 5.73 Å². The van der Waals surface area contributed by atoms with Crippen molar-refractivity contribution in [2.75, 3.05) is 5.73 Å². The van der Waals surface area contributed by atoms with E-state index >= 15 is 0 Å². The fraction of sp³-hybridized carbons (Fsp3) is 0.167. The average molecular weight is 227 g/mol. The van der Waals surface area contributed by atoms with E-state index in [1.807, 2.05) is 46.6 Å². The molecule has 0 aliphatic heterocycles. The van der Waals surface area contributed by atoms with E-state index in [0.717, 1.165) is 16.7 Å². The first-order valence-electron chi connectivity index (χ1n) is 5.43. The van der Waals surface area contributed by atoms with E-state index < -0.39 is 0 Å². The Morgan fingerprint density at radius 3 is 2.82 bits per heavy atom. The van der Waals surface area contributed by atoms with Crippen LogP contribution in [0.4, 0.5) is 5.95 Å². The number of benzene rings is 1. The lowest BCUT2D eigenvalue weighted by molar-refractivity contribution is 0.678. The Bertz CT molecular complexity index is 664. The molecule has 3 rings (SSSR count). The van der Waals surface area contributed by atoms with Crippen molar-refractivity contribution >= 4 is 17.0 Å². The molecule has 86 valence electrons. The Morgan fingerprint density at radius 1 is 1.24 bits per heavy atom. The van der Waals surface area contributed by atoms with Crippen LogP contribution in [0.25, 0.3) is 11.0 Å². The van der Waals surface area contributed by atoms with Gasteiger partial charge in [-0.05, 0) is 18.2 Å². The SMILES string of the molecule is Cn1nccc1Cn1c(N)nc2ccccc21. The molecule has 0 unspecified atom stereocenters. The largest absolute Gasteiger partial charge is 0.369 e. The lowest BCUT2D eigenvalue weighted by atomic mass is 10.3. The number of nitrogen functional groups attached to an aromatic ring is 1. The zero-order valence-corrected chi connectivity index (χ0v) is 9.54. The highest BCUT2D eigenvalue weighted by molar-refractivity contribution is 5.78. The molecule has 17 heavy (non-hydrogen) atoms. The molecule has 1 aromatic carbocycles. The van der Waals surface area contributed by atoms with Crippen LogP contribution in [0.15, 0.2) is 36.5 Å². The van der Waals surface area contributed by atoms with Crippen LogP contribution in [-0.4, -0.2) is 19.3 Å². The number of para-hydroxylation sites is 2. The monoisotopic (exact) mass is 227 g/mol. The highest BCUT2D eigenvalue weighted by Gasteiger charge is 2.09. The molecule has 2 heterocycles. The lowest BCUT2D eigenvalue weighted by Crippen LogP contribution is -2.08. The molecule has 0 fully saturated rings. The normalized spacial score (nSPS) is 11.1. The van der Waals surface area contributed by atoms with Crippen LogP contribution in [0.1, 0.15) is 5.69 Å². The molecule has 0 spiro atoms. The average Bonchev–Trinajstić information content (AvgIpc) is 2.85. The molecule has 0 radical (unpaired) electrons. The van der Waals surface area contributed by atoms with Crippen molar-refractivity contribution < 1.29 is 0 Å². The minimum Gasteiger partial charge on any atom is -0.369 e. The molecular formula is C12H13N5. The van der Waals surface area contributed by atoms with E-state index in [-0.39, 0.29) is 0 Å². The summed E-state index contributed by atoms with van der Waals surface area (Å²) in [6.07, 6.45) is 1.78. The molecule has 2 N–H and O–H groups in total. The lowest BCUT2D eigenvalue weighted by Gasteiger charge is -2.06. The van der Waals surface area contributed by atoms with Crippen molar-refractivity contribution in [1.29, 1.82) is 0 Å². The van der Waals surface area contributed by atoms with Gasteiger partial charge in [-0.3, -0.25) is 4.68 Å². The molecule has 5 heteroatoms. The molecule has 2 aromatic heterocycles. The van der Waals surface area contributed by atoms with Crippen molar-refractivity contribution in [3.8, 4) is 0 Å². The molecular weight excluding hydrogens is 214 g/mol. The van der Waals surface area contributed by atoms with Crippen LogP contribution >= 0.6 is 0 Å². The van der Waals surface area contributed by atoms with Gasteiger partial charge in [0.1, 0.15) is 0 Å². The van der Waals surface area contributed by atoms with Gasteiger partial charge in [-0.2, -0.15) is 5.10 Å². The number of imidazole rings is 1. The van der Waals surface area contributed by atoms with Gasteiger partial charge in [-0.1, -0.05) is 12.1 Å². The van der Waals surface area contributed by atoms with Gasteiger partial charge in [-0.25, -0.2) is 4.98 Å². The molecule has 0 aliphatic carbocycles. The quantitative estimate of drug-likeness (QED) is 0.719. The van der Waals surface area contributed by atoms with Gasteiger partial charge in [0.15, 0.2) is 0 Å². The first kappa shape index (κ1) is 9.89. The van der Waals surface area contributed by atoms with Gasteiger partial charge in [0.2, 0.25) is 5.95 Å². The van der Waals surface area contributed by atoms with Gasteiger partial charge in [0.25, 0.3) is 0 Å². The Hall–Kier alpha value is -2.30. The van der Waals surface area contributed by atoms with Crippen molar-refractivity contribution in [2.24, 2.45) is 7.05 Å². The van der Waals surface area contributed by atoms with Crippen LogP contribution in [0.3, 0.4) is 0 Å². The van der Waals surface area contributed by atoms with E-state index in [0.29, 0.717) is 12.5 Å². The second kappa shape index (κ2) is 3.62. The standard InChI is InChI=1S/C12H13N5/c1-16-9(6-7-14-16)8-17-11-5-3-2-4-10(11)15-12(17)13/h2-7H,8H2,1H3,(H2,13,15). The first-order chi connectivity index (χ1) is 8.25. The summed E-state index contributed by atoms with van der Waals surface area (Å²) in [7, 11) is 1.92. The van der Waals surface area contributed by atoms with E-state index in [1.165, 1.54) is 0 Å². The second-order valence-electron chi connectivity index (χ2n) is 3.99. The second-order valence-corrected chi connectivity index (χ2v) is 3.99. The highest BCUT2D eigenvalue weighted by Crippen LogP contribution is 2.18. The fourth-order valence-corrected chi connectivity index (χ4v) is 1.98. The molecule has 0 bridgehead atoms. The number of anilines is 1. The van der Waals surface area contributed by atoms with Gasteiger partial charge in [0.05, 0.1) is 23.3 Å². The number of hydrogen-bond donors (Lipinski definition) is 1. The van der Waals surface area contributed by atoms with Crippen LogP contribution < -0.4 is 5.73 Å². The first-order valence-corrected chi connectivity index (χ1v) is 5.43. The number of rotatable bonds is 2. The predicted molar refractivity (Wildman–Crippen MR) is 66.5 cm³/mol. The predicted octanol–water partition coefficient (Wildman–Crippen LogP) is 1.40. The van der Waals surface area contributed by atoms with Gasteiger partial charge < -0.3 is 10.3 Å². The van der Waals surface area contributed by atoms with E-state index in [1.54, 1.807) is 6.20 Å². The van der Waals surface area contributed by atoms with Gasteiger partial charge in [-0.15, -0.1) is 0 Å². The maximum atomic E-state index is 5.94. The van der Waals surface area contributed by atoms with E-state index in [2.05, 4.69) is 10.1 Å². The Kier molecular flexibility index (Phi) is 2.11. The smallest absolute Gasteiger partial charge is 0.201 e. The molecule has 0 saturated heterocycles. The number of aromatic nitrogens is 4. The number of nitrogens with two attached hydrogens (primary N) is 1. The Morgan fingerprint density at radius 2 is 2.06 bits per heavy atom. The maximum absolute atomic E-state index is 5.94. The Labute approximate surface area is 98.5 Å². The number of hydrogen-bond acceptors (Lipinski definition) is 3. The molecule has 5 nitrogen and oxygen atoms in total. The summed E-state index contributed by atoms with van der Waals surface area (Å²) in [6.45, 7) is 0.683. The van der Waals surface area contributed by atoms with E-state index in [9.17, 15) is 0 Å². The minimum absolute atomic E-state index is 0.535. The Balaban J connectivity index is 2.11. The minimum atomic E-state index is 0.535. The highest BCUT2D eigenvalue weighted by atomic mass is 15.3. The third-order valence-corrected chi connectivity index (χ3v) is 2.93. The van der Waals surface area contributed by atoms with Crippen molar-refractivity contribution in [3.63, 3.8) is 0 Å². The maximum Gasteiger partial charge on any atom is 0.201 e. The number of aryl methyl sites for hydroxylation is 1. The van der Waals surface area contributed by atoms with Crippen LogP contribution in [0.5, 0.6) is 0 Å². The third-order valence-electron chi connectivity index (χ3n) is 2.93. The summed E-state index contributed by atoms with van der Waals surface area (Å²) in [5, 5.41) is 4.15. The molecule has 0 amide bonds. The summed E-state index contributed by atoms with van der Waals surface area (Å²) < 4.78 is 3.83. The zero-order chi connectivity index (χ0) is 11.8. The summed E-state index contributed by atoms with van der Waals surface area (Å²) in [5.41, 5.74) is 9.01. The summed E-state index contributed by atoms with van der Waals surface area (Å²) in [5.74, 6) is 0.535. The summed E-state index contributed by atoms with van der Waals surface area (Å²) in [4.78, 5) is 4.33. The number of fused-ring (bicyclic) bond motifs is 1. The van der Waals surface area contributed by atoms with Crippen molar-refractivity contribution in [3.05, 3.63) is 42.2 Å². The zero-order valence-electron chi connectivity index (χ0n) is 9.54. The molecule has 0 saturated carbocycles.